The average molecular weight is 402 g/mol. The van der Waals surface area contributed by atoms with Gasteiger partial charge in [0.2, 0.25) is 5.91 Å². The first-order chi connectivity index (χ1) is 14.6. The first-order valence-electron chi connectivity index (χ1n) is 10.3. The Hall–Kier alpha value is -3.34. The third-order valence-electron chi connectivity index (χ3n) is 5.67. The normalized spacial score (nSPS) is 13.9. The SMILES string of the molecule is C[C@@H](CCc1ccccc1)N(Cc1ccco1)C(=O)CN1Cc2ccccc2C1=O. The van der Waals surface area contributed by atoms with Crippen molar-refractivity contribution in [3.63, 3.8) is 0 Å². The van der Waals surface area contributed by atoms with E-state index in [9.17, 15) is 9.59 Å². The number of benzene rings is 2. The summed E-state index contributed by atoms with van der Waals surface area (Å²) < 4.78 is 5.49. The Morgan fingerprint density at radius 3 is 2.57 bits per heavy atom. The molecule has 5 heteroatoms. The molecule has 154 valence electrons. The molecule has 0 fully saturated rings. The Bertz CT molecular complexity index is 998. The van der Waals surface area contributed by atoms with E-state index in [1.807, 2.05) is 59.5 Å². The van der Waals surface area contributed by atoms with E-state index in [2.05, 4.69) is 19.1 Å². The highest BCUT2D eigenvalue weighted by Gasteiger charge is 2.31. The second-order valence-corrected chi connectivity index (χ2v) is 7.79. The molecule has 5 nitrogen and oxygen atoms in total. The van der Waals surface area contributed by atoms with Crippen molar-refractivity contribution in [3.8, 4) is 0 Å². The zero-order valence-electron chi connectivity index (χ0n) is 17.2. The van der Waals surface area contributed by atoms with Crippen LogP contribution >= 0.6 is 0 Å². The van der Waals surface area contributed by atoms with E-state index < -0.39 is 0 Å². The maximum absolute atomic E-state index is 13.3. The Kier molecular flexibility index (Phi) is 5.98. The Labute approximate surface area is 176 Å². The highest BCUT2D eigenvalue weighted by Crippen LogP contribution is 2.23. The summed E-state index contributed by atoms with van der Waals surface area (Å²) >= 11 is 0. The smallest absolute Gasteiger partial charge is 0.254 e. The summed E-state index contributed by atoms with van der Waals surface area (Å²) in [5.74, 6) is 0.605. The van der Waals surface area contributed by atoms with Gasteiger partial charge in [0.1, 0.15) is 12.3 Å². The second-order valence-electron chi connectivity index (χ2n) is 7.79. The predicted molar refractivity (Wildman–Crippen MR) is 115 cm³/mol. The lowest BCUT2D eigenvalue weighted by molar-refractivity contribution is -0.135. The van der Waals surface area contributed by atoms with Gasteiger partial charge in [0, 0.05) is 18.2 Å². The molecular weight excluding hydrogens is 376 g/mol. The van der Waals surface area contributed by atoms with E-state index in [0.29, 0.717) is 18.7 Å². The standard InChI is InChI=1S/C25H26N2O3/c1-19(13-14-20-8-3-2-4-9-20)27(17-22-11-7-15-30-22)24(28)18-26-16-21-10-5-6-12-23(21)25(26)29/h2-12,15,19H,13-14,16-18H2,1H3/t19-/m0/s1. The summed E-state index contributed by atoms with van der Waals surface area (Å²) in [6.07, 6.45) is 3.34. The minimum atomic E-state index is -0.0752. The van der Waals surface area contributed by atoms with Crippen molar-refractivity contribution in [3.05, 3.63) is 95.4 Å². The first kappa shape index (κ1) is 20.0. The fraction of sp³-hybridized carbons (Fsp3) is 0.280. The summed E-state index contributed by atoms with van der Waals surface area (Å²) in [5, 5.41) is 0. The number of fused-ring (bicyclic) bond motifs is 1. The van der Waals surface area contributed by atoms with Crippen molar-refractivity contribution in [2.24, 2.45) is 0 Å². The molecule has 0 unspecified atom stereocenters. The van der Waals surface area contributed by atoms with Crippen LogP contribution in [0.2, 0.25) is 0 Å². The first-order valence-corrected chi connectivity index (χ1v) is 10.3. The van der Waals surface area contributed by atoms with Crippen LogP contribution in [0.15, 0.2) is 77.4 Å². The molecule has 0 bridgehead atoms. The molecule has 0 radical (unpaired) electrons. The van der Waals surface area contributed by atoms with E-state index in [1.165, 1.54) is 5.56 Å². The van der Waals surface area contributed by atoms with E-state index in [-0.39, 0.29) is 24.4 Å². The van der Waals surface area contributed by atoms with Crippen molar-refractivity contribution in [2.45, 2.75) is 38.9 Å². The molecule has 3 aromatic rings. The molecule has 0 saturated heterocycles. The number of aryl methyl sites for hydroxylation is 1. The zero-order chi connectivity index (χ0) is 20.9. The van der Waals surface area contributed by atoms with Gasteiger partial charge in [-0.1, -0.05) is 48.5 Å². The van der Waals surface area contributed by atoms with Crippen LogP contribution in [-0.4, -0.2) is 34.2 Å². The molecule has 1 aromatic heterocycles. The summed E-state index contributed by atoms with van der Waals surface area (Å²) in [7, 11) is 0. The third kappa shape index (κ3) is 4.46. The van der Waals surface area contributed by atoms with E-state index in [0.717, 1.165) is 24.2 Å². The van der Waals surface area contributed by atoms with Crippen molar-refractivity contribution < 1.29 is 14.0 Å². The Balaban J connectivity index is 1.45. The molecule has 1 aliphatic rings. The minimum absolute atomic E-state index is 0.0166. The van der Waals surface area contributed by atoms with Gasteiger partial charge in [0.05, 0.1) is 12.8 Å². The van der Waals surface area contributed by atoms with Crippen LogP contribution in [0.5, 0.6) is 0 Å². The van der Waals surface area contributed by atoms with Gasteiger partial charge in [-0.25, -0.2) is 0 Å². The molecule has 1 aliphatic heterocycles. The van der Waals surface area contributed by atoms with Gasteiger partial charge < -0.3 is 14.2 Å². The van der Waals surface area contributed by atoms with E-state index in [1.54, 1.807) is 11.2 Å². The fourth-order valence-corrected chi connectivity index (χ4v) is 3.93. The van der Waals surface area contributed by atoms with Crippen molar-refractivity contribution >= 4 is 11.8 Å². The molecule has 30 heavy (non-hydrogen) atoms. The number of carbonyl (C=O) groups is 2. The lowest BCUT2D eigenvalue weighted by atomic mass is 10.0. The molecule has 0 aliphatic carbocycles. The van der Waals surface area contributed by atoms with Crippen LogP contribution in [0, 0.1) is 0 Å². The third-order valence-corrected chi connectivity index (χ3v) is 5.67. The molecule has 0 saturated carbocycles. The topological polar surface area (TPSA) is 53.8 Å². The van der Waals surface area contributed by atoms with Crippen LogP contribution in [0.1, 0.15) is 40.6 Å². The van der Waals surface area contributed by atoms with Gasteiger partial charge in [0.15, 0.2) is 0 Å². The predicted octanol–water partition coefficient (Wildman–Crippen LogP) is 4.29. The number of rotatable bonds is 8. The van der Waals surface area contributed by atoms with E-state index >= 15 is 0 Å². The lowest BCUT2D eigenvalue weighted by Gasteiger charge is -2.30. The number of carbonyl (C=O) groups excluding carboxylic acids is 2. The van der Waals surface area contributed by atoms with Gasteiger partial charge in [-0.2, -0.15) is 0 Å². The highest BCUT2D eigenvalue weighted by atomic mass is 16.3. The van der Waals surface area contributed by atoms with Crippen LogP contribution in [0.3, 0.4) is 0 Å². The lowest BCUT2D eigenvalue weighted by Crippen LogP contribution is -2.44. The molecular formula is C25H26N2O3. The summed E-state index contributed by atoms with van der Waals surface area (Å²) in [6, 6.07) is 21.5. The monoisotopic (exact) mass is 402 g/mol. The van der Waals surface area contributed by atoms with Gasteiger partial charge in [0.25, 0.3) is 5.91 Å². The van der Waals surface area contributed by atoms with Gasteiger partial charge in [-0.3, -0.25) is 9.59 Å². The van der Waals surface area contributed by atoms with Gasteiger partial charge in [-0.15, -0.1) is 0 Å². The quantitative estimate of drug-likeness (QED) is 0.565. The molecule has 4 rings (SSSR count). The van der Waals surface area contributed by atoms with Gasteiger partial charge >= 0.3 is 0 Å². The van der Waals surface area contributed by atoms with Crippen LogP contribution in [0.4, 0.5) is 0 Å². The zero-order valence-corrected chi connectivity index (χ0v) is 17.2. The van der Waals surface area contributed by atoms with Crippen molar-refractivity contribution in [1.82, 2.24) is 9.80 Å². The van der Waals surface area contributed by atoms with Crippen molar-refractivity contribution in [2.75, 3.05) is 6.54 Å². The summed E-state index contributed by atoms with van der Waals surface area (Å²) in [5.41, 5.74) is 2.92. The molecule has 0 spiro atoms. The van der Waals surface area contributed by atoms with E-state index in [4.69, 9.17) is 4.42 Å². The molecule has 2 heterocycles. The Morgan fingerprint density at radius 2 is 1.83 bits per heavy atom. The highest BCUT2D eigenvalue weighted by molar-refractivity contribution is 6.00. The number of amides is 2. The maximum Gasteiger partial charge on any atom is 0.254 e. The molecule has 2 aromatic carbocycles. The van der Waals surface area contributed by atoms with Crippen LogP contribution in [0.25, 0.3) is 0 Å². The van der Waals surface area contributed by atoms with Crippen LogP contribution < -0.4 is 0 Å². The second kappa shape index (κ2) is 8.99. The summed E-state index contributed by atoms with van der Waals surface area (Å²) in [4.78, 5) is 29.4. The molecule has 1 atom stereocenters. The van der Waals surface area contributed by atoms with Crippen molar-refractivity contribution in [1.29, 1.82) is 0 Å². The Morgan fingerprint density at radius 1 is 1.07 bits per heavy atom. The number of nitrogens with zero attached hydrogens (tertiary/aromatic N) is 2. The number of furan rings is 1. The fourth-order valence-electron chi connectivity index (χ4n) is 3.93. The van der Waals surface area contributed by atoms with Gasteiger partial charge in [-0.05, 0) is 49.1 Å². The number of hydrogen-bond donors (Lipinski definition) is 0. The summed E-state index contributed by atoms with van der Waals surface area (Å²) in [6.45, 7) is 3.01. The number of hydrogen-bond acceptors (Lipinski definition) is 3. The molecule has 0 N–H and O–H groups in total. The maximum atomic E-state index is 13.3. The minimum Gasteiger partial charge on any atom is -0.467 e. The largest absolute Gasteiger partial charge is 0.467 e. The average Bonchev–Trinajstić information content (AvgIpc) is 3.39. The molecule has 2 amide bonds. The van der Waals surface area contributed by atoms with Crippen LogP contribution in [-0.2, 0) is 24.3 Å².